The van der Waals surface area contributed by atoms with Gasteiger partial charge in [-0.05, 0) is 42.9 Å². The molecule has 0 radical (unpaired) electrons. The topological polar surface area (TPSA) is 87.7 Å². The fraction of sp³-hybridized carbons (Fsp3) is 0.379. The summed E-state index contributed by atoms with van der Waals surface area (Å²) in [5.41, 5.74) is 3.04. The van der Waals surface area contributed by atoms with E-state index in [2.05, 4.69) is 58.6 Å². The molecule has 2 aliphatic rings. The van der Waals surface area contributed by atoms with Crippen LogP contribution in [0.5, 0.6) is 5.75 Å². The summed E-state index contributed by atoms with van der Waals surface area (Å²) in [6.45, 7) is 0.634. The van der Waals surface area contributed by atoms with Crippen LogP contribution in [0, 0.1) is 0 Å². The van der Waals surface area contributed by atoms with E-state index in [0.717, 1.165) is 43.9 Å². The van der Waals surface area contributed by atoms with E-state index in [4.69, 9.17) is 4.74 Å². The zero-order valence-corrected chi connectivity index (χ0v) is 21.4. The summed E-state index contributed by atoms with van der Waals surface area (Å²) >= 11 is 0. The van der Waals surface area contributed by atoms with Crippen molar-refractivity contribution >= 4 is 15.7 Å². The molecule has 0 bridgehead atoms. The monoisotopic (exact) mass is 506 g/mol. The fourth-order valence-electron chi connectivity index (χ4n) is 5.72. The van der Waals surface area contributed by atoms with Crippen molar-refractivity contribution in [3.8, 4) is 5.75 Å². The van der Waals surface area contributed by atoms with Crippen LogP contribution in [0.2, 0.25) is 0 Å². The van der Waals surface area contributed by atoms with Crippen molar-refractivity contribution in [3.63, 3.8) is 0 Å². The highest BCUT2D eigenvalue weighted by Crippen LogP contribution is 2.47. The number of benzene rings is 3. The zero-order chi connectivity index (χ0) is 25.2. The lowest BCUT2D eigenvalue weighted by atomic mass is 9.74. The van der Waals surface area contributed by atoms with Crippen LogP contribution in [-0.2, 0) is 10.0 Å². The summed E-state index contributed by atoms with van der Waals surface area (Å²) in [5, 5.41) is 15.4. The summed E-state index contributed by atoms with van der Waals surface area (Å²) < 4.78 is 32.7. The first-order valence-corrected chi connectivity index (χ1v) is 14.6. The van der Waals surface area contributed by atoms with Gasteiger partial charge in [-0.15, -0.1) is 0 Å². The Hall–Kier alpha value is -2.87. The summed E-state index contributed by atoms with van der Waals surface area (Å²) in [6, 6.07) is 25.8. The second kappa shape index (κ2) is 10.2. The van der Waals surface area contributed by atoms with Gasteiger partial charge in [-0.25, -0.2) is 8.42 Å². The molecule has 3 aromatic rings. The molecular formula is C29H34N2O4S. The number of aliphatic hydroxyl groups is 1. The van der Waals surface area contributed by atoms with Crippen molar-refractivity contribution < 1.29 is 18.3 Å². The Labute approximate surface area is 213 Å². The number of ether oxygens (including phenoxy) is 1. The smallest absolute Gasteiger partial charge is 0.229 e. The Morgan fingerprint density at radius 3 is 2.14 bits per heavy atom. The van der Waals surface area contributed by atoms with Gasteiger partial charge in [0.1, 0.15) is 17.5 Å². The normalized spacial score (nSPS) is 21.1. The van der Waals surface area contributed by atoms with Gasteiger partial charge in [0.15, 0.2) is 0 Å². The van der Waals surface area contributed by atoms with Gasteiger partial charge in [-0.2, -0.15) is 0 Å². The van der Waals surface area contributed by atoms with Crippen molar-refractivity contribution in [2.75, 3.05) is 17.5 Å². The van der Waals surface area contributed by atoms with Crippen LogP contribution in [0.25, 0.3) is 0 Å². The van der Waals surface area contributed by atoms with Gasteiger partial charge < -0.3 is 15.2 Å². The highest BCUT2D eigenvalue weighted by Gasteiger charge is 2.49. The Kier molecular flexibility index (Phi) is 7.06. The number of fused-ring (bicyclic) bond motifs is 1. The lowest BCUT2D eigenvalue weighted by Gasteiger charge is -2.48. The van der Waals surface area contributed by atoms with Gasteiger partial charge in [-0.1, -0.05) is 73.2 Å². The third-order valence-corrected chi connectivity index (χ3v) is 8.07. The summed E-state index contributed by atoms with van der Waals surface area (Å²) in [6.07, 6.45) is 5.09. The molecule has 0 aromatic heterocycles. The summed E-state index contributed by atoms with van der Waals surface area (Å²) in [4.78, 5) is 0. The molecule has 0 amide bonds. The quantitative estimate of drug-likeness (QED) is 0.421. The van der Waals surface area contributed by atoms with E-state index in [-0.39, 0.29) is 12.0 Å². The Morgan fingerprint density at radius 1 is 0.944 bits per heavy atom. The van der Waals surface area contributed by atoms with E-state index >= 15 is 0 Å². The second-order valence-corrected chi connectivity index (χ2v) is 11.8. The van der Waals surface area contributed by atoms with Gasteiger partial charge in [0.25, 0.3) is 0 Å². The average Bonchev–Trinajstić information content (AvgIpc) is 2.87. The van der Waals surface area contributed by atoms with Crippen molar-refractivity contribution in [2.45, 2.75) is 55.8 Å². The highest BCUT2D eigenvalue weighted by molar-refractivity contribution is 7.92. The Morgan fingerprint density at radius 2 is 1.56 bits per heavy atom. The minimum Gasteiger partial charge on any atom is -0.484 e. The number of rotatable bonds is 7. The lowest BCUT2D eigenvalue weighted by molar-refractivity contribution is -0.107. The maximum Gasteiger partial charge on any atom is 0.229 e. The molecular weight excluding hydrogens is 472 g/mol. The molecule has 3 N–H and O–H groups in total. The van der Waals surface area contributed by atoms with Crippen molar-refractivity contribution in [1.29, 1.82) is 0 Å². The largest absolute Gasteiger partial charge is 0.484 e. The van der Waals surface area contributed by atoms with Crippen LogP contribution in [0.3, 0.4) is 0 Å². The lowest BCUT2D eigenvalue weighted by Crippen LogP contribution is -2.57. The van der Waals surface area contributed by atoms with Crippen LogP contribution in [0.1, 0.15) is 60.8 Å². The van der Waals surface area contributed by atoms with Gasteiger partial charge in [0.05, 0.1) is 18.0 Å². The Bertz CT molecular complexity index is 1240. The molecule has 190 valence electrons. The zero-order valence-electron chi connectivity index (χ0n) is 20.6. The molecule has 1 heterocycles. The summed E-state index contributed by atoms with van der Waals surface area (Å²) in [5.74, 6) is 0.740. The first-order chi connectivity index (χ1) is 17.3. The van der Waals surface area contributed by atoms with Gasteiger partial charge >= 0.3 is 0 Å². The molecule has 3 aromatic carbocycles. The number of sulfonamides is 1. The van der Waals surface area contributed by atoms with E-state index < -0.39 is 21.7 Å². The van der Waals surface area contributed by atoms with Crippen LogP contribution in [0.15, 0.2) is 78.9 Å². The van der Waals surface area contributed by atoms with E-state index in [1.807, 2.05) is 18.2 Å². The maximum absolute atomic E-state index is 11.8. The van der Waals surface area contributed by atoms with Gasteiger partial charge in [-0.3, -0.25) is 4.72 Å². The third kappa shape index (κ3) is 5.28. The number of anilines is 1. The molecule has 1 spiro atoms. The van der Waals surface area contributed by atoms with Gasteiger partial charge in [0, 0.05) is 24.1 Å². The van der Waals surface area contributed by atoms with E-state index in [0.29, 0.717) is 18.0 Å². The van der Waals surface area contributed by atoms with E-state index in [1.165, 1.54) is 11.1 Å². The molecule has 1 aliphatic heterocycles. The van der Waals surface area contributed by atoms with Crippen molar-refractivity contribution in [2.24, 2.45) is 0 Å². The third-order valence-electron chi connectivity index (χ3n) is 7.47. The molecule has 0 saturated heterocycles. The van der Waals surface area contributed by atoms with Crippen molar-refractivity contribution in [1.82, 2.24) is 5.32 Å². The van der Waals surface area contributed by atoms with Gasteiger partial charge in [0.2, 0.25) is 10.0 Å². The van der Waals surface area contributed by atoms with Crippen LogP contribution < -0.4 is 14.8 Å². The van der Waals surface area contributed by atoms with Crippen LogP contribution in [0.4, 0.5) is 5.69 Å². The predicted molar refractivity (Wildman–Crippen MR) is 143 cm³/mol. The standard InChI is InChI=1S/C29H34N2O4S/c1-36(33,34)31-23-15-16-24-26(19-23)35-29(17-9-4-10-18-29)28(32)27(24)30-20-25(21-11-5-2-6-12-21)22-13-7-3-8-14-22/h2-3,5-8,11-16,19,25,27-28,30-32H,4,9-10,17-18,20H2,1H3. The van der Waals surface area contributed by atoms with Crippen LogP contribution in [-0.4, -0.2) is 38.0 Å². The summed E-state index contributed by atoms with van der Waals surface area (Å²) in [7, 11) is -3.41. The predicted octanol–water partition coefficient (Wildman–Crippen LogP) is 4.98. The number of nitrogens with one attached hydrogen (secondary N) is 2. The Balaban J connectivity index is 1.49. The first-order valence-electron chi connectivity index (χ1n) is 12.7. The molecule has 2 atom stereocenters. The van der Waals surface area contributed by atoms with Crippen LogP contribution >= 0.6 is 0 Å². The SMILES string of the molecule is CS(=O)(=O)Nc1ccc2c(c1)OC1(CCCCC1)C(O)C2NCC(c1ccccc1)c1ccccc1. The second-order valence-electron chi connectivity index (χ2n) is 10.1. The van der Waals surface area contributed by atoms with E-state index in [1.54, 1.807) is 12.1 Å². The molecule has 7 heteroatoms. The molecule has 5 rings (SSSR count). The molecule has 1 aliphatic carbocycles. The number of hydrogen-bond donors (Lipinski definition) is 3. The highest BCUT2D eigenvalue weighted by atomic mass is 32.2. The molecule has 36 heavy (non-hydrogen) atoms. The van der Waals surface area contributed by atoms with E-state index in [9.17, 15) is 13.5 Å². The fourth-order valence-corrected chi connectivity index (χ4v) is 6.28. The molecule has 1 fully saturated rings. The molecule has 6 nitrogen and oxygen atoms in total. The van der Waals surface area contributed by atoms with Crippen molar-refractivity contribution in [3.05, 3.63) is 95.6 Å². The molecule has 2 unspecified atom stereocenters. The average molecular weight is 507 g/mol. The first kappa shape index (κ1) is 24.8. The maximum atomic E-state index is 11.8. The molecule has 1 saturated carbocycles. The number of hydrogen-bond acceptors (Lipinski definition) is 5. The minimum atomic E-state index is -3.41. The number of aliphatic hydroxyl groups excluding tert-OH is 1. The minimum absolute atomic E-state index is 0.111.